The maximum absolute atomic E-state index is 13.4. The van der Waals surface area contributed by atoms with Crippen LogP contribution in [0.5, 0.6) is 0 Å². The Kier molecular flexibility index (Phi) is 7.98. The zero-order chi connectivity index (χ0) is 25.1. The van der Waals surface area contributed by atoms with Gasteiger partial charge in [0.1, 0.15) is 0 Å². The van der Waals surface area contributed by atoms with Crippen molar-refractivity contribution in [2.24, 2.45) is 10.5 Å². The van der Waals surface area contributed by atoms with Gasteiger partial charge in [-0.05, 0) is 66.8 Å². The maximum atomic E-state index is 13.4. The quantitative estimate of drug-likeness (QED) is 0.405. The van der Waals surface area contributed by atoms with Gasteiger partial charge in [-0.15, -0.1) is 0 Å². The molecule has 1 unspecified atom stereocenters. The summed E-state index contributed by atoms with van der Waals surface area (Å²) in [5.41, 5.74) is 0.231. The van der Waals surface area contributed by atoms with E-state index in [1.54, 1.807) is 23.9 Å². The summed E-state index contributed by atoms with van der Waals surface area (Å²) in [7, 11) is 0. The van der Waals surface area contributed by atoms with Gasteiger partial charge in [-0.25, -0.2) is 14.7 Å². The lowest BCUT2D eigenvalue weighted by Crippen LogP contribution is -2.44. The molecular weight excluding hydrogens is 487 g/mol. The monoisotopic (exact) mass is 511 g/mol. The lowest BCUT2D eigenvalue weighted by atomic mass is 9.78. The molecule has 0 N–H and O–H groups in total. The molecule has 0 fully saturated rings. The fourth-order valence-corrected chi connectivity index (χ4v) is 4.51. The number of halogens is 4. The summed E-state index contributed by atoms with van der Waals surface area (Å²) >= 11 is 7.76. The second kappa shape index (κ2) is 10.4. The number of carbonyl (C=O) groups is 2. The molecule has 0 bridgehead atoms. The molecule has 0 aliphatic carbocycles. The van der Waals surface area contributed by atoms with Gasteiger partial charge < -0.3 is 0 Å². The van der Waals surface area contributed by atoms with Crippen molar-refractivity contribution in [2.45, 2.75) is 32.9 Å². The molecule has 2 aromatic carbocycles. The number of anilines is 1. The molecule has 1 aliphatic heterocycles. The number of urea groups is 1. The molecule has 1 atom stereocenters. The summed E-state index contributed by atoms with van der Waals surface area (Å²) in [6, 6.07) is 10.4. The number of alkyl halides is 3. The number of hydrogen-bond acceptors (Lipinski definition) is 4. The first kappa shape index (κ1) is 26.1. The van der Waals surface area contributed by atoms with Gasteiger partial charge >= 0.3 is 12.2 Å². The van der Waals surface area contributed by atoms with Crippen molar-refractivity contribution in [1.82, 2.24) is 5.01 Å². The number of benzene rings is 2. The first-order valence-electron chi connectivity index (χ1n) is 10.6. The molecular formula is C24H25ClF3N3O2S. The van der Waals surface area contributed by atoms with Crippen LogP contribution in [0, 0.1) is 5.41 Å². The average molecular weight is 512 g/mol. The number of thioether (sulfide) groups is 1. The molecule has 0 radical (unpaired) electrons. The van der Waals surface area contributed by atoms with Gasteiger partial charge in [0.2, 0.25) is 5.91 Å². The fraction of sp³-hybridized carbons (Fsp3) is 0.375. The van der Waals surface area contributed by atoms with Crippen molar-refractivity contribution in [3.8, 4) is 0 Å². The number of hydrogen-bond donors (Lipinski definition) is 0. The van der Waals surface area contributed by atoms with E-state index in [1.165, 1.54) is 11.9 Å². The molecule has 0 saturated carbocycles. The van der Waals surface area contributed by atoms with E-state index < -0.39 is 29.1 Å². The largest absolute Gasteiger partial charge is 0.416 e. The third kappa shape index (κ3) is 5.75. The highest BCUT2D eigenvalue weighted by atomic mass is 35.5. The molecule has 1 heterocycles. The zero-order valence-corrected chi connectivity index (χ0v) is 20.6. The predicted molar refractivity (Wildman–Crippen MR) is 130 cm³/mol. The Labute approximate surface area is 205 Å². The SMILES string of the molecule is CSCCCC1(C)CN(C(=O)N(C(C)=O)c2ccc(C(F)(F)F)cc2)N=C1c1ccc(Cl)cc1. The smallest absolute Gasteiger partial charge is 0.274 e. The van der Waals surface area contributed by atoms with Crippen LogP contribution >= 0.6 is 23.4 Å². The number of amides is 3. The van der Waals surface area contributed by atoms with Crippen molar-refractivity contribution in [1.29, 1.82) is 0 Å². The van der Waals surface area contributed by atoms with E-state index in [-0.39, 0.29) is 12.2 Å². The van der Waals surface area contributed by atoms with Gasteiger partial charge in [-0.1, -0.05) is 30.7 Å². The van der Waals surface area contributed by atoms with E-state index in [0.29, 0.717) is 10.7 Å². The fourth-order valence-electron chi connectivity index (χ4n) is 3.95. The molecule has 0 spiro atoms. The van der Waals surface area contributed by atoms with Crippen LogP contribution in [0.25, 0.3) is 0 Å². The van der Waals surface area contributed by atoms with Crippen molar-refractivity contribution in [3.05, 3.63) is 64.7 Å². The lowest BCUT2D eigenvalue weighted by molar-refractivity contribution is -0.137. The second-order valence-electron chi connectivity index (χ2n) is 8.35. The van der Waals surface area contributed by atoms with E-state index >= 15 is 0 Å². The molecule has 10 heteroatoms. The molecule has 182 valence electrons. The molecule has 0 saturated heterocycles. The Morgan fingerprint density at radius 2 is 1.76 bits per heavy atom. The van der Waals surface area contributed by atoms with Crippen LogP contribution in [0.4, 0.5) is 23.7 Å². The van der Waals surface area contributed by atoms with E-state index in [4.69, 9.17) is 11.6 Å². The van der Waals surface area contributed by atoms with Gasteiger partial charge in [0.05, 0.1) is 23.5 Å². The third-order valence-electron chi connectivity index (χ3n) is 5.67. The standard InChI is InChI=1S/C24H25ClF3N3O2S/c1-16(32)31(20-11-7-18(8-12-20)24(26,27)28)22(33)30-15-23(2,13-4-14-34-3)21(29-30)17-5-9-19(25)10-6-17/h5-12H,4,13-15H2,1-3H3. The summed E-state index contributed by atoms with van der Waals surface area (Å²) in [4.78, 5) is 26.6. The van der Waals surface area contributed by atoms with Crippen LogP contribution in [0.3, 0.4) is 0 Å². The second-order valence-corrected chi connectivity index (χ2v) is 9.77. The van der Waals surface area contributed by atoms with Crippen LogP contribution in [-0.2, 0) is 11.0 Å². The highest BCUT2D eigenvalue weighted by Crippen LogP contribution is 2.37. The Bertz CT molecular complexity index is 1070. The number of imide groups is 1. The molecule has 0 aromatic heterocycles. The summed E-state index contributed by atoms with van der Waals surface area (Å²) < 4.78 is 38.8. The minimum Gasteiger partial charge on any atom is -0.274 e. The number of nitrogens with zero attached hydrogens (tertiary/aromatic N) is 3. The van der Waals surface area contributed by atoms with Gasteiger partial charge in [-0.3, -0.25) is 4.79 Å². The van der Waals surface area contributed by atoms with Crippen LogP contribution in [-0.4, -0.2) is 41.2 Å². The highest BCUT2D eigenvalue weighted by molar-refractivity contribution is 7.98. The average Bonchev–Trinajstić information content (AvgIpc) is 3.11. The molecule has 5 nitrogen and oxygen atoms in total. The van der Waals surface area contributed by atoms with E-state index in [1.807, 2.05) is 25.3 Å². The Balaban J connectivity index is 1.94. The van der Waals surface area contributed by atoms with Crippen molar-refractivity contribution < 1.29 is 22.8 Å². The Morgan fingerprint density at radius 1 is 1.15 bits per heavy atom. The lowest BCUT2D eigenvalue weighted by Gasteiger charge is -2.28. The number of rotatable bonds is 6. The van der Waals surface area contributed by atoms with Crippen molar-refractivity contribution in [2.75, 3.05) is 23.5 Å². The van der Waals surface area contributed by atoms with Crippen LogP contribution in [0.1, 0.15) is 37.8 Å². The number of hydrazone groups is 1. The minimum atomic E-state index is -4.52. The van der Waals surface area contributed by atoms with Gasteiger partial charge in [0.15, 0.2) is 0 Å². The topological polar surface area (TPSA) is 53.0 Å². The Hall–Kier alpha value is -2.52. The summed E-state index contributed by atoms with van der Waals surface area (Å²) in [5, 5.41) is 6.38. The predicted octanol–water partition coefficient (Wildman–Crippen LogP) is 6.70. The molecule has 1 aliphatic rings. The molecule has 34 heavy (non-hydrogen) atoms. The van der Waals surface area contributed by atoms with Crippen LogP contribution in [0.2, 0.25) is 5.02 Å². The van der Waals surface area contributed by atoms with E-state index in [0.717, 1.165) is 53.3 Å². The Morgan fingerprint density at radius 3 is 2.29 bits per heavy atom. The highest BCUT2D eigenvalue weighted by Gasteiger charge is 2.43. The first-order valence-corrected chi connectivity index (χ1v) is 12.4. The maximum Gasteiger partial charge on any atom is 0.416 e. The molecule has 3 amide bonds. The molecule has 2 aromatic rings. The van der Waals surface area contributed by atoms with E-state index in [9.17, 15) is 22.8 Å². The van der Waals surface area contributed by atoms with Crippen molar-refractivity contribution >= 4 is 46.7 Å². The summed E-state index contributed by atoms with van der Waals surface area (Å²) in [6.07, 6.45) is -0.828. The van der Waals surface area contributed by atoms with Gasteiger partial charge in [0, 0.05) is 17.4 Å². The zero-order valence-electron chi connectivity index (χ0n) is 19.0. The summed E-state index contributed by atoms with van der Waals surface area (Å²) in [5.74, 6) is 0.326. The first-order chi connectivity index (χ1) is 16.0. The van der Waals surface area contributed by atoms with Crippen LogP contribution < -0.4 is 4.90 Å². The third-order valence-corrected chi connectivity index (χ3v) is 6.61. The molecule has 3 rings (SSSR count). The normalized spacial score (nSPS) is 18.1. The van der Waals surface area contributed by atoms with Crippen LogP contribution in [0.15, 0.2) is 53.6 Å². The number of carbonyl (C=O) groups excluding carboxylic acids is 2. The van der Waals surface area contributed by atoms with E-state index in [2.05, 4.69) is 5.10 Å². The van der Waals surface area contributed by atoms with Crippen molar-refractivity contribution in [3.63, 3.8) is 0 Å². The van der Waals surface area contributed by atoms with Gasteiger partial charge in [0.25, 0.3) is 0 Å². The summed E-state index contributed by atoms with van der Waals surface area (Å²) in [6.45, 7) is 3.44. The van der Waals surface area contributed by atoms with Gasteiger partial charge in [-0.2, -0.15) is 30.0 Å². The minimum absolute atomic E-state index is 0.0460.